The summed E-state index contributed by atoms with van der Waals surface area (Å²) in [4.78, 5) is 25.4. The second-order valence-corrected chi connectivity index (χ2v) is 5.18. The van der Waals surface area contributed by atoms with E-state index in [9.17, 15) is 9.59 Å². The monoisotopic (exact) mass is 299 g/mol. The minimum atomic E-state index is -0.331. The van der Waals surface area contributed by atoms with Crippen LogP contribution in [0.4, 0.5) is 0 Å². The van der Waals surface area contributed by atoms with E-state index in [-0.39, 0.29) is 17.5 Å². The second-order valence-electron chi connectivity index (χ2n) is 5.18. The molecule has 114 valence electrons. The van der Waals surface area contributed by atoms with Crippen LogP contribution in [0.3, 0.4) is 0 Å². The Bertz CT molecular complexity index is 662. The third-order valence-electron chi connectivity index (χ3n) is 3.63. The summed E-state index contributed by atoms with van der Waals surface area (Å²) in [6.07, 6.45) is 1.38. The minimum absolute atomic E-state index is 0.0803. The van der Waals surface area contributed by atoms with Crippen LogP contribution in [-0.2, 0) is 4.79 Å². The number of rotatable bonds is 5. The lowest BCUT2D eigenvalue weighted by molar-refractivity contribution is -0.134. The van der Waals surface area contributed by atoms with Gasteiger partial charge in [0.05, 0.1) is 0 Å². The lowest BCUT2D eigenvalue weighted by atomic mass is 10.1. The number of hydrogen-bond acceptors (Lipinski definition) is 4. The Morgan fingerprint density at radius 1 is 1.23 bits per heavy atom. The molecule has 1 aromatic heterocycles. The van der Waals surface area contributed by atoms with E-state index in [0.717, 1.165) is 25.1 Å². The Morgan fingerprint density at radius 2 is 2.00 bits per heavy atom. The van der Waals surface area contributed by atoms with Gasteiger partial charge in [-0.25, -0.2) is 0 Å². The summed E-state index contributed by atoms with van der Waals surface area (Å²) in [5, 5.41) is 6.46. The van der Waals surface area contributed by atoms with Gasteiger partial charge in [0.2, 0.25) is 5.91 Å². The number of carbonyl (C=O) groups is 2. The quantitative estimate of drug-likeness (QED) is 0.911. The van der Waals surface area contributed by atoms with Gasteiger partial charge in [0.1, 0.15) is 0 Å². The molecule has 0 bridgehead atoms. The molecule has 0 saturated carbocycles. The average molecular weight is 299 g/mol. The zero-order valence-electron chi connectivity index (χ0n) is 12.1. The SMILES string of the molecule is O=C(NCCC(=O)N1CCC1)c1cc(-c2ccccc2)on1. The number of hydrogen-bond donors (Lipinski definition) is 1. The van der Waals surface area contributed by atoms with E-state index < -0.39 is 0 Å². The van der Waals surface area contributed by atoms with Gasteiger partial charge in [-0.2, -0.15) is 0 Å². The van der Waals surface area contributed by atoms with Crippen LogP contribution in [0.5, 0.6) is 0 Å². The molecule has 0 radical (unpaired) electrons. The summed E-state index contributed by atoms with van der Waals surface area (Å²) < 4.78 is 5.18. The number of benzene rings is 1. The van der Waals surface area contributed by atoms with E-state index in [1.54, 1.807) is 11.0 Å². The first-order valence-electron chi connectivity index (χ1n) is 7.32. The lowest BCUT2D eigenvalue weighted by Crippen LogP contribution is -2.43. The number of likely N-dealkylation sites (tertiary alicyclic amines) is 1. The molecule has 6 nitrogen and oxygen atoms in total. The summed E-state index contributed by atoms with van der Waals surface area (Å²) in [5.74, 6) is 0.293. The van der Waals surface area contributed by atoms with Gasteiger partial charge >= 0.3 is 0 Å². The molecule has 1 N–H and O–H groups in total. The van der Waals surface area contributed by atoms with Crippen molar-refractivity contribution in [1.82, 2.24) is 15.4 Å². The smallest absolute Gasteiger partial charge is 0.273 e. The van der Waals surface area contributed by atoms with E-state index in [1.807, 2.05) is 30.3 Å². The summed E-state index contributed by atoms with van der Waals surface area (Å²) >= 11 is 0. The number of carbonyl (C=O) groups excluding carboxylic acids is 2. The van der Waals surface area contributed by atoms with Crippen molar-refractivity contribution in [1.29, 1.82) is 0 Å². The van der Waals surface area contributed by atoms with Crippen molar-refractivity contribution >= 4 is 11.8 Å². The molecule has 1 aliphatic heterocycles. The Labute approximate surface area is 128 Å². The standard InChI is InChI=1S/C16H17N3O3/c20-15(19-9-4-10-19)7-8-17-16(21)13-11-14(22-18-13)12-5-2-1-3-6-12/h1-3,5-6,11H,4,7-10H2,(H,17,21). The first kappa shape index (κ1) is 14.3. The predicted molar refractivity (Wildman–Crippen MR) is 80.1 cm³/mol. The zero-order chi connectivity index (χ0) is 15.4. The first-order chi connectivity index (χ1) is 10.7. The number of amides is 2. The van der Waals surface area contributed by atoms with Crippen LogP contribution < -0.4 is 5.32 Å². The van der Waals surface area contributed by atoms with Crippen molar-refractivity contribution in [3.05, 3.63) is 42.1 Å². The largest absolute Gasteiger partial charge is 0.355 e. The summed E-state index contributed by atoms with van der Waals surface area (Å²) in [6.45, 7) is 1.97. The van der Waals surface area contributed by atoms with Crippen LogP contribution in [0.25, 0.3) is 11.3 Å². The molecule has 0 unspecified atom stereocenters. The fourth-order valence-electron chi connectivity index (χ4n) is 2.22. The molecule has 2 heterocycles. The molecule has 0 spiro atoms. The number of nitrogens with one attached hydrogen (secondary N) is 1. The van der Waals surface area contributed by atoms with E-state index in [0.29, 0.717) is 18.7 Å². The van der Waals surface area contributed by atoms with E-state index >= 15 is 0 Å². The maximum Gasteiger partial charge on any atom is 0.273 e. The molecule has 3 rings (SSSR count). The highest BCUT2D eigenvalue weighted by molar-refractivity contribution is 5.93. The van der Waals surface area contributed by atoms with Crippen molar-refractivity contribution < 1.29 is 14.1 Å². The Balaban J connectivity index is 1.52. The predicted octanol–water partition coefficient (Wildman–Crippen LogP) is 1.69. The summed E-state index contributed by atoms with van der Waals surface area (Å²) in [6, 6.07) is 11.0. The van der Waals surface area contributed by atoms with Gasteiger partial charge in [-0.05, 0) is 6.42 Å². The average Bonchev–Trinajstić information content (AvgIpc) is 2.96. The van der Waals surface area contributed by atoms with Gasteiger partial charge in [0, 0.05) is 37.7 Å². The van der Waals surface area contributed by atoms with Crippen molar-refractivity contribution in [3.63, 3.8) is 0 Å². The topological polar surface area (TPSA) is 75.4 Å². The highest BCUT2D eigenvalue weighted by atomic mass is 16.5. The Kier molecular flexibility index (Phi) is 4.18. The molecule has 6 heteroatoms. The fourth-order valence-corrected chi connectivity index (χ4v) is 2.22. The van der Waals surface area contributed by atoms with Crippen molar-refractivity contribution in [2.24, 2.45) is 0 Å². The molecule has 22 heavy (non-hydrogen) atoms. The van der Waals surface area contributed by atoms with Crippen LogP contribution in [-0.4, -0.2) is 41.5 Å². The molecule has 0 aliphatic carbocycles. The molecular weight excluding hydrogens is 282 g/mol. The summed E-state index contributed by atoms with van der Waals surface area (Å²) in [7, 11) is 0. The van der Waals surface area contributed by atoms with Gasteiger partial charge < -0.3 is 14.7 Å². The van der Waals surface area contributed by atoms with Gasteiger partial charge in [0.15, 0.2) is 11.5 Å². The highest BCUT2D eigenvalue weighted by Gasteiger charge is 2.20. The van der Waals surface area contributed by atoms with Crippen LogP contribution in [0.15, 0.2) is 40.9 Å². The van der Waals surface area contributed by atoms with Crippen LogP contribution in [0.1, 0.15) is 23.3 Å². The van der Waals surface area contributed by atoms with Crippen molar-refractivity contribution in [3.8, 4) is 11.3 Å². The maximum atomic E-state index is 12.0. The minimum Gasteiger partial charge on any atom is -0.355 e. The molecule has 1 aliphatic rings. The molecule has 2 aromatic rings. The van der Waals surface area contributed by atoms with Crippen LogP contribution >= 0.6 is 0 Å². The van der Waals surface area contributed by atoms with E-state index in [2.05, 4.69) is 10.5 Å². The van der Waals surface area contributed by atoms with Gasteiger partial charge in [-0.1, -0.05) is 35.5 Å². The second kappa shape index (κ2) is 6.43. The normalized spacial score (nSPS) is 13.5. The molecule has 1 fully saturated rings. The highest BCUT2D eigenvalue weighted by Crippen LogP contribution is 2.19. The molecule has 0 atom stereocenters. The Morgan fingerprint density at radius 3 is 2.68 bits per heavy atom. The third-order valence-corrected chi connectivity index (χ3v) is 3.63. The third kappa shape index (κ3) is 3.16. The lowest BCUT2D eigenvalue weighted by Gasteiger charge is -2.30. The molecular formula is C16H17N3O3. The molecule has 2 amide bonds. The molecule has 1 saturated heterocycles. The van der Waals surface area contributed by atoms with Gasteiger partial charge in [-0.3, -0.25) is 9.59 Å². The van der Waals surface area contributed by atoms with E-state index in [1.165, 1.54) is 0 Å². The number of nitrogens with zero attached hydrogens (tertiary/aromatic N) is 2. The van der Waals surface area contributed by atoms with E-state index in [4.69, 9.17) is 4.52 Å². The molecule has 1 aromatic carbocycles. The Hall–Kier alpha value is -2.63. The first-order valence-corrected chi connectivity index (χ1v) is 7.32. The maximum absolute atomic E-state index is 12.0. The van der Waals surface area contributed by atoms with Gasteiger partial charge in [-0.15, -0.1) is 0 Å². The van der Waals surface area contributed by atoms with Crippen LogP contribution in [0.2, 0.25) is 0 Å². The summed E-state index contributed by atoms with van der Waals surface area (Å²) in [5.41, 5.74) is 1.08. The van der Waals surface area contributed by atoms with Crippen LogP contribution in [0, 0.1) is 0 Å². The van der Waals surface area contributed by atoms with Gasteiger partial charge in [0.25, 0.3) is 5.91 Å². The zero-order valence-corrected chi connectivity index (χ0v) is 12.1. The fraction of sp³-hybridized carbons (Fsp3) is 0.312. The number of aromatic nitrogens is 1. The van der Waals surface area contributed by atoms with Crippen molar-refractivity contribution in [2.75, 3.05) is 19.6 Å². The van der Waals surface area contributed by atoms with Crippen molar-refractivity contribution in [2.45, 2.75) is 12.8 Å².